The number of carbonyl (C=O) groups is 2. The van der Waals surface area contributed by atoms with Crippen LogP contribution in [0.4, 0.5) is 13.2 Å². The van der Waals surface area contributed by atoms with Crippen molar-refractivity contribution >= 4 is 11.9 Å². The van der Waals surface area contributed by atoms with Crippen molar-refractivity contribution in [1.82, 2.24) is 9.80 Å². The van der Waals surface area contributed by atoms with E-state index in [1.54, 1.807) is 18.7 Å². The minimum Gasteiger partial charge on any atom is -0.481 e. The number of piperazine rings is 1. The average Bonchev–Trinajstić information content (AvgIpc) is 3.03. The second kappa shape index (κ2) is 5.96. The van der Waals surface area contributed by atoms with E-state index in [9.17, 15) is 22.8 Å². The summed E-state index contributed by atoms with van der Waals surface area (Å²) < 4.78 is 37.6. The highest BCUT2D eigenvalue weighted by Gasteiger charge is 2.48. The first-order valence-corrected chi connectivity index (χ1v) is 7.74. The van der Waals surface area contributed by atoms with E-state index in [2.05, 4.69) is 0 Å². The van der Waals surface area contributed by atoms with E-state index in [1.165, 1.54) is 4.90 Å². The number of amides is 1. The lowest BCUT2D eigenvalue weighted by atomic mass is 9.93. The summed E-state index contributed by atoms with van der Waals surface area (Å²) in [7, 11) is 0. The van der Waals surface area contributed by atoms with Gasteiger partial charge in [0, 0.05) is 31.6 Å². The third-order valence-corrected chi connectivity index (χ3v) is 4.69. The van der Waals surface area contributed by atoms with Crippen molar-refractivity contribution in [3.05, 3.63) is 0 Å². The molecule has 2 aliphatic rings. The number of hydrogen-bond acceptors (Lipinski definition) is 3. The summed E-state index contributed by atoms with van der Waals surface area (Å²) in [5, 5.41) is 8.92. The van der Waals surface area contributed by atoms with Gasteiger partial charge < -0.3 is 10.0 Å². The van der Waals surface area contributed by atoms with Gasteiger partial charge in [0.2, 0.25) is 5.91 Å². The lowest BCUT2D eigenvalue weighted by molar-refractivity contribution is -0.160. The number of halogens is 3. The molecule has 0 atom stereocenters. The summed E-state index contributed by atoms with van der Waals surface area (Å²) in [6.07, 6.45) is -2.66. The van der Waals surface area contributed by atoms with Crippen LogP contribution < -0.4 is 0 Å². The minimum absolute atomic E-state index is 0.0206. The molecule has 1 aliphatic heterocycles. The van der Waals surface area contributed by atoms with Gasteiger partial charge in [-0.1, -0.05) is 0 Å². The number of hydrogen-bond donors (Lipinski definition) is 1. The fraction of sp³-hybridized carbons (Fsp3) is 0.867. The Labute approximate surface area is 133 Å². The Hall–Kier alpha value is -1.31. The Kier molecular flexibility index (Phi) is 4.67. The normalized spacial score (nSPS) is 23.6. The lowest BCUT2D eigenvalue weighted by Crippen LogP contribution is -2.62. The number of rotatable bonds is 5. The van der Waals surface area contributed by atoms with Gasteiger partial charge in [-0.15, -0.1) is 0 Å². The molecule has 5 nitrogen and oxygen atoms in total. The van der Waals surface area contributed by atoms with E-state index in [0.29, 0.717) is 0 Å². The molecule has 132 valence electrons. The Morgan fingerprint density at radius 1 is 1.13 bits per heavy atom. The first-order chi connectivity index (χ1) is 10.4. The number of alkyl halides is 3. The average molecular weight is 336 g/mol. The van der Waals surface area contributed by atoms with Gasteiger partial charge in [-0.2, -0.15) is 13.2 Å². The fourth-order valence-corrected chi connectivity index (χ4v) is 3.44. The molecule has 0 unspecified atom stereocenters. The van der Waals surface area contributed by atoms with Crippen LogP contribution in [0.15, 0.2) is 0 Å². The molecule has 1 aliphatic carbocycles. The zero-order valence-corrected chi connectivity index (χ0v) is 13.4. The van der Waals surface area contributed by atoms with Crippen LogP contribution in [0.5, 0.6) is 0 Å². The van der Waals surface area contributed by atoms with Gasteiger partial charge in [-0.3, -0.25) is 14.5 Å². The Morgan fingerprint density at radius 3 is 2.17 bits per heavy atom. The second-order valence-corrected chi connectivity index (χ2v) is 7.43. The molecule has 1 heterocycles. The second-order valence-electron chi connectivity index (χ2n) is 7.43. The molecule has 1 saturated carbocycles. The van der Waals surface area contributed by atoms with Gasteiger partial charge in [0.15, 0.2) is 0 Å². The van der Waals surface area contributed by atoms with Gasteiger partial charge in [0.1, 0.15) is 0 Å². The Balaban J connectivity index is 1.96. The van der Waals surface area contributed by atoms with Crippen molar-refractivity contribution in [3.8, 4) is 0 Å². The fourth-order valence-electron chi connectivity index (χ4n) is 3.44. The lowest BCUT2D eigenvalue weighted by Gasteiger charge is -2.47. The number of nitrogens with zero attached hydrogens (tertiary/aromatic N) is 2. The number of aliphatic carboxylic acids is 1. The van der Waals surface area contributed by atoms with Crippen LogP contribution >= 0.6 is 0 Å². The summed E-state index contributed by atoms with van der Waals surface area (Å²) in [6.45, 7) is 3.12. The summed E-state index contributed by atoms with van der Waals surface area (Å²) in [5.41, 5.74) is -1.14. The third kappa shape index (κ3) is 4.83. The first kappa shape index (κ1) is 18.0. The van der Waals surface area contributed by atoms with Crippen molar-refractivity contribution in [3.63, 3.8) is 0 Å². The molecule has 1 N–H and O–H groups in total. The quantitative estimate of drug-likeness (QED) is 0.835. The molecule has 23 heavy (non-hydrogen) atoms. The van der Waals surface area contributed by atoms with Gasteiger partial charge >= 0.3 is 12.1 Å². The minimum atomic E-state index is -4.25. The summed E-state index contributed by atoms with van der Waals surface area (Å²) in [5.74, 6) is -1.06. The SMILES string of the molecule is CC1(C)CN(CC(F)(F)F)CCN1C(=O)CC1(CC(=O)O)CC1. The highest BCUT2D eigenvalue weighted by molar-refractivity contribution is 5.79. The zero-order valence-electron chi connectivity index (χ0n) is 13.4. The summed E-state index contributed by atoms with van der Waals surface area (Å²) in [4.78, 5) is 26.3. The molecular weight excluding hydrogens is 313 g/mol. The Bertz CT molecular complexity index is 487. The molecule has 1 amide bonds. The Morgan fingerprint density at radius 2 is 1.74 bits per heavy atom. The highest BCUT2D eigenvalue weighted by atomic mass is 19.4. The molecule has 0 spiro atoms. The molecule has 2 fully saturated rings. The molecule has 1 saturated heterocycles. The molecule has 0 aromatic heterocycles. The van der Waals surface area contributed by atoms with Gasteiger partial charge in [-0.25, -0.2) is 0 Å². The van der Waals surface area contributed by atoms with Crippen LogP contribution in [0.1, 0.15) is 39.5 Å². The summed E-state index contributed by atoms with van der Waals surface area (Å²) >= 11 is 0. The van der Waals surface area contributed by atoms with E-state index < -0.39 is 29.6 Å². The maximum atomic E-state index is 12.5. The van der Waals surface area contributed by atoms with E-state index in [1.807, 2.05) is 0 Å². The van der Waals surface area contributed by atoms with Crippen LogP contribution in [-0.4, -0.2) is 64.7 Å². The van der Waals surface area contributed by atoms with Crippen molar-refractivity contribution in [1.29, 1.82) is 0 Å². The van der Waals surface area contributed by atoms with Crippen LogP contribution in [0.25, 0.3) is 0 Å². The summed E-state index contributed by atoms with van der Waals surface area (Å²) in [6, 6.07) is 0. The predicted molar refractivity (Wildman–Crippen MR) is 76.8 cm³/mol. The molecule has 0 aromatic rings. The van der Waals surface area contributed by atoms with Gasteiger partial charge in [0.05, 0.1) is 13.0 Å². The van der Waals surface area contributed by atoms with Crippen molar-refractivity contribution in [2.45, 2.75) is 51.2 Å². The number of carboxylic acid groups (broad SMARTS) is 1. The van der Waals surface area contributed by atoms with Crippen LogP contribution in [-0.2, 0) is 9.59 Å². The topological polar surface area (TPSA) is 60.9 Å². The molecular formula is C15H23F3N2O3. The van der Waals surface area contributed by atoms with E-state index in [4.69, 9.17) is 5.11 Å². The van der Waals surface area contributed by atoms with Crippen LogP contribution in [0, 0.1) is 5.41 Å². The third-order valence-electron chi connectivity index (χ3n) is 4.69. The molecule has 0 bridgehead atoms. The van der Waals surface area contributed by atoms with Crippen LogP contribution in [0.3, 0.4) is 0 Å². The highest BCUT2D eigenvalue weighted by Crippen LogP contribution is 2.52. The molecule has 2 rings (SSSR count). The van der Waals surface area contributed by atoms with E-state index in [0.717, 1.165) is 12.8 Å². The number of carboxylic acids is 1. The molecule has 0 radical (unpaired) electrons. The zero-order chi connectivity index (χ0) is 17.5. The van der Waals surface area contributed by atoms with Crippen molar-refractivity contribution < 1.29 is 27.9 Å². The standard InChI is InChI=1S/C15H23F3N2O3/c1-13(2)9-19(10-15(16,17)18)5-6-20(13)11(21)7-14(3-4-14)8-12(22)23/h3-10H2,1-2H3,(H,22,23). The monoisotopic (exact) mass is 336 g/mol. The molecule has 0 aromatic carbocycles. The van der Waals surface area contributed by atoms with Crippen LogP contribution in [0.2, 0.25) is 0 Å². The van der Waals surface area contributed by atoms with Crippen molar-refractivity contribution in [2.75, 3.05) is 26.2 Å². The first-order valence-electron chi connectivity index (χ1n) is 7.74. The maximum absolute atomic E-state index is 12.5. The van der Waals surface area contributed by atoms with Gasteiger partial charge in [0.25, 0.3) is 0 Å². The smallest absolute Gasteiger partial charge is 0.401 e. The molecule has 8 heteroatoms. The predicted octanol–water partition coefficient (Wildman–Crippen LogP) is 2.12. The van der Waals surface area contributed by atoms with Gasteiger partial charge in [-0.05, 0) is 32.1 Å². The van der Waals surface area contributed by atoms with E-state index in [-0.39, 0.29) is 38.4 Å². The number of carbonyl (C=O) groups excluding carboxylic acids is 1. The maximum Gasteiger partial charge on any atom is 0.401 e. The van der Waals surface area contributed by atoms with Crippen molar-refractivity contribution in [2.24, 2.45) is 5.41 Å². The largest absolute Gasteiger partial charge is 0.481 e. The van der Waals surface area contributed by atoms with E-state index >= 15 is 0 Å².